The van der Waals surface area contributed by atoms with Crippen LogP contribution in [0.15, 0.2) is 57.7 Å². The van der Waals surface area contributed by atoms with E-state index in [9.17, 15) is 0 Å². The minimum Gasteiger partial charge on any atom is -0.395 e. The van der Waals surface area contributed by atoms with Crippen molar-refractivity contribution < 1.29 is 5.11 Å². The van der Waals surface area contributed by atoms with Gasteiger partial charge in [0.25, 0.3) is 0 Å². The fourth-order valence-corrected chi connectivity index (χ4v) is 4.15. The summed E-state index contributed by atoms with van der Waals surface area (Å²) in [6.07, 6.45) is 7.47. The lowest BCUT2D eigenvalue weighted by Crippen LogP contribution is -2.24. The van der Waals surface area contributed by atoms with Crippen molar-refractivity contribution in [3.05, 3.63) is 57.7 Å². The van der Waals surface area contributed by atoms with Gasteiger partial charge in [0.05, 0.1) is 16.8 Å². The lowest BCUT2D eigenvalue weighted by atomic mass is 10.1. The molecule has 0 aliphatic heterocycles. The van der Waals surface area contributed by atoms with Gasteiger partial charge in [-0.3, -0.25) is 4.90 Å². The number of nitrogens with one attached hydrogen (secondary N) is 1. The van der Waals surface area contributed by atoms with Crippen LogP contribution in [0.4, 0.5) is 5.13 Å². The van der Waals surface area contributed by atoms with Gasteiger partial charge >= 0.3 is 0 Å². The molecule has 0 radical (unpaired) electrons. The molecule has 1 aliphatic rings. The fraction of sp³-hybridized carbons (Fsp3) is 0.316. The summed E-state index contributed by atoms with van der Waals surface area (Å²) in [5.74, 6) is 0. The first-order chi connectivity index (χ1) is 12.0. The summed E-state index contributed by atoms with van der Waals surface area (Å²) in [4.78, 5) is 6.80. The minimum absolute atomic E-state index is 0.175. The highest BCUT2D eigenvalue weighted by molar-refractivity contribution is 9.10. The molecule has 2 aromatic rings. The maximum Gasteiger partial charge on any atom is 0.188 e. The number of halogens is 1. The second-order valence-corrected chi connectivity index (χ2v) is 8.18. The van der Waals surface area contributed by atoms with Crippen molar-refractivity contribution in [3.63, 3.8) is 0 Å². The van der Waals surface area contributed by atoms with Gasteiger partial charge < -0.3 is 10.4 Å². The molecular weight excluding hydrogens is 398 g/mol. The molecule has 2 N–H and O–H groups in total. The molecule has 1 aromatic heterocycles. The zero-order valence-electron chi connectivity index (χ0n) is 14.4. The van der Waals surface area contributed by atoms with E-state index in [4.69, 9.17) is 5.11 Å². The zero-order valence-corrected chi connectivity index (χ0v) is 16.8. The standard InChI is InChI=1S/C19H22BrN3OS/c1-13-4-3-5-14(12-23(2)8-9-24)10-17(13)22-19-21-16-7-6-15(20)11-18(16)25-19/h3,5-7,10-11,24H,4,8-9,12H2,1-2H3,(H,21,22). The van der Waals surface area contributed by atoms with E-state index in [0.717, 1.165) is 38.5 Å². The Balaban J connectivity index is 1.82. The van der Waals surface area contributed by atoms with Gasteiger partial charge in [-0.25, -0.2) is 4.98 Å². The number of aliphatic hydroxyl groups excluding tert-OH is 1. The monoisotopic (exact) mass is 419 g/mol. The molecule has 0 bridgehead atoms. The topological polar surface area (TPSA) is 48.4 Å². The SMILES string of the molecule is CC1=C(Nc2nc3ccc(Br)cc3s2)C=C(CN(C)CCO)C=CC1. The number of rotatable bonds is 6. The summed E-state index contributed by atoms with van der Waals surface area (Å²) in [6.45, 7) is 3.80. The van der Waals surface area contributed by atoms with E-state index < -0.39 is 0 Å². The van der Waals surface area contributed by atoms with Crippen LogP contribution in [0.1, 0.15) is 13.3 Å². The Bertz CT molecular complexity index is 853. The van der Waals surface area contributed by atoms with Crippen LogP contribution < -0.4 is 5.32 Å². The number of nitrogens with zero attached hydrogens (tertiary/aromatic N) is 2. The summed E-state index contributed by atoms with van der Waals surface area (Å²) in [5.41, 5.74) is 4.62. The number of aliphatic hydroxyl groups is 1. The number of hydrogen-bond acceptors (Lipinski definition) is 5. The maximum atomic E-state index is 9.09. The van der Waals surface area contributed by atoms with Crippen LogP contribution in [0, 0.1) is 0 Å². The van der Waals surface area contributed by atoms with Crippen LogP contribution in [0.2, 0.25) is 0 Å². The first-order valence-corrected chi connectivity index (χ1v) is 9.85. The Morgan fingerprint density at radius 2 is 2.24 bits per heavy atom. The zero-order chi connectivity index (χ0) is 17.8. The van der Waals surface area contributed by atoms with Gasteiger partial charge in [-0.05, 0) is 55.8 Å². The van der Waals surface area contributed by atoms with Gasteiger partial charge in [0.1, 0.15) is 0 Å². The van der Waals surface area contributed by atoms with Crippen molar-refractivity contribution in [2.24, 2.45) is 0 Å². The van der Waals surface area contributed by atoms with Crippen LogP contribution in [0.5, 0.6) is 0 Å². The van der Waals surface area contributed by atoms with Gasteiger partial charge in [-0.15, -0.1) is 0 Å². The van der Waals surface area contributed by atoms with Crippen molar-refractivity contribution in [1.29, 1.82) is 0 Å². The number of aromatic nitrogens is 1. The van der Waals surface area contributed by atoms with E-state index in [0.29, 0.717) is 6.54 Å². The highest BCUT2D eigenvalue weighted by Gasteiger charge is 2.10. The van der Waals surface area contributed by atoms with E-state index >= 15 is 0 Å². The summed E-state index contributed by atoms with van der Waals surface area (Å²) in [6, 6.07) is 6.14. The van der Waals surface area contributed by atoms with E-state index in [-0.39, 0.29) is 6.61 Å². The Hall–Kier alpha value is -1.47. The molecule has 1 aliphatic carbocycles. The summed E-state index contributed by atoms with van der Waals surface area (Å²) in [5, 5.41) is 13.5. The molecule has 0 atom stereocenters. The van der Waals surface area contributed by atoms with Crippen molar-refractivity contribution in [2.45, 2.75) is 13.3 Å². The lowest BCUT2D eigenvalue weighted by molar-refractivity contribution is 0.231. The minimum atomic E-state index is 0.175. The number of likely N-dealkylation sites (N-methyl/N-ethyl adjacent to an activating group) is 1. The first-order valence-electron chi connectivity index (χ1n) is 8.24. The first kappa shape index (κ1) is 18.3. The number of thiazole rings is 1. The average Bonchev–Trinajstić information content (AvgIpc) is 2.87. The third-order valence-corrected chi connectivity index (χ3v) is 5.50. The van der Waals surface area contributed by atoms with E-state index in [1.807, 2.05) is 19.2 Å². The van der Waals surface area contributed by atoms with E-state index in [1.165, 1.54) is 11.1 Å². The van der Waals surface area contributed by atoms with Gasteiger partial charge in [0, 0.05) is 23.3 Å². The Labute approximate surface area is 160 Å². The second-order valence-electron chi connectivity index (χ2n) is 6.24. The average molecular weight is 420 g/mol. The van der Waals surface area contributed by atoms with Crippen molar-refractivity contribution >= 4 is 42.6 Å². The number of benzene rings is 1. The maximum absolute atomic E-state index is 9.09. The van der Waals surface area contributed by atoms with Crippen LogP contribution in [0.25, 0.3) is 10.2 Å². The van der Waals surface area contributed by atoms with Crippen molar-refractivity contribution in [3.8, 4) is 0 Å². The van der Waals surface area contributed by atoms with Gasteiger partial charge in [0.15, 0.2) is 5.13 Å². The summed E-state index contributed by atoms with van der Waals surface area (Å²) >= 11 is 5.17. The molecule has 25 heavy (non-hydrogen) atoms. The molecule has 1 aromatic carbocycles. The van der Waals surface area contributed by atoms with Crippen LogP contribution in [-0.4, -0.2) is 41.7 Å². The number of fused-ring (bicyclic) bond motifs is 1. The Morgan fingerprint density at radius 3 is 3.04 bits per heavy atom. The quantitative estimate of drug-likeness (QED) is 0.720. The molecule has 3 rings (SSSR count). The second kappa shape index (κ2) is 8.27. The highest BCUT2D eigenvalue weighted by atomic mass is 79.9. The van der Waals surface area contributed by atoms with Crippen molar-refractivity contribution in [2.75, 3.05) is 32.1 Å². The molecule has 0 unspecified atom stereocenters. The largest absolute Gasteiger partial charge is 0.395 e. The van der Waals surface area contributed by atoms with Gasteiger partial charge in [-0.2, -0.15) is 0 Å². The highest BCUT2D eigenvalue weighted by Crippen LogP contribution is 2.30. The number of hydrogen-bond donors (Lipinski definition) is 2. The van der Waals surface area contributed by atoms with E-state index in [2.05, 4.69) is 62.3 Å². The number of allylic oxidation sites excluding steroid dienone is 3. The third-order valence-electron chi connectivity index (χ3n) is 4.07. The fourth-order valence-electron chi connectivity index (χ4n) is 2.72. The smallest absolute Gasteiger partial charge is 0.188 e. The normalized spacial score (nSPS) is 15.0. The van der Waals surface area contributed by atoms with E-state index in [1.54, 1.807) is 11.3 Å². The number of anilines is 1. The molecule has 0 amide bonds. The third kappa shape index (κ3) is 4.79. The molecule has 0 saturated heterocycles. The van der Waals surface area contributed by atoms with Crippen LogP contribution in [0.3, 0.4) is 0 Å². The Morgan fingerprint density at radius 1 is 1.40 bits per heavy atom. The summed E-state index contributed by atoms with van der Waals surface area (Å²) in [7, 11) is 2.02. The molecule has 6 heteroatoms. The molecule has 0 fully saturated rings. The van der Waals surface area contributed by atoms with Crippen LogP contribution in [-0.2, 0) is 0 Å². The molecule has 132 valence electrons. The summed E-state index contributed by atoms with van der Waals surface area (Å²) < 4.78 is 2.23. The molecule has 0 spiro atoms. The van der Waals surface area contributed by atoms with Gasteiger partial charge in [-0.1, -0.05) is 39.4 Å². The molecular formula is C19H22BrN3OS. The molecule has 4 nitrogen and oxygen atoms in total. The van der Waals surface area contributed by atoms with Crippen molar-refractivity contribution in [1.82, 2.24) is 9.88 Å². The molecule has 1 heterocycles. The van der Waals surface area contributed by atoms with Crippen LogP contribution >= 0.6 is 27.3 Å². The molecule has 0 saturated carbocycles. The predicted molar refractivity (Wildman–Crippen MR) is 110 cm³/mol. The predicted octanol–water partition coefficient (Wildman–Crippen LogP) is 4.56. The lowest BCUT2D eigenvalue weighted by Gasteiger charge is -2.16. The Kier molecular flexibility index (Phi) is 6.06. The van der Waals surface area contributed by atoms with Gasteiger partial charge in [0.2, 0.25) is 0 Å².